The lowest BCUT2D eigenvalue weighted by Gasteiger charge is -2.06. The molecule has 0 saturated heterocycles. The molecule has 3 heteroatoms. The first kappa shape index (κ1) is 8.17. The smallest absolute Gasteiger partial charge is 0.196 e. The van der Waals surface area contributed by atoms with Gasteiger partial charge in [0.2, 0.25) is 0 Å². The van der Waals surface area contributed by atoms with Crippen molar-refractivity contribution in [2.75, 3.05) is 0 Å². The molecule has 1 saturated carbocycles. The first-order chi connectivity index (χ1) is 5.86. The maximum absolute atomic E-state index is 4.36. The van der Waals surface area contributed by atoms with Crippen LogP contribution in [0.4, 0.5) is 0 Å². The van der Waals surface area contributed by atoms with Crippen LogP contribution in [0.25, 0.3) is 0 Å². The number of hydrogen-bond acceptors (Lipinski definition) is 2. The molecule has 0 radical (unpaired) electrons. The van der Waals surface area contributed by atoms with Crippen molar-refractivity contribution in [3.05, 3.63) is 22.7 Å². The van der Waals surface area contributed by atoms with Crippen molar-refractivity contribution in [1.82, 2.24) is 9.97 Å². The van der Waals surface area contributed by atoms with Gasteiger partial charge in [-0.25, -0.2) is 9.97 Å². The van der Waals surface area contributed by atoms with E-state index in [2.05, 4.69) is 25.9 Å². The van der Waals surface area contributed by atoms with E-state index in [0.29, 0.717) is 10.7 Å². The average Bonchev–Trinajstić information content (AvgIpc) is 2.56. The van der Waals surface area contributed by atoms with Gasteiger partial charge in [0, 0.05) is 17.8 Å². The molecular weight excluding hydrogens is 216 g/mol. The number of nitrogens with zero attached hydrogens (tertiary/aromatic N) is 2. The Morgan fingerprint density at radius 1 is 1.33 bits per heavy atom. The van der Waals surface area contributed by atoms with Crippen molar-refractivity contribution in [2.45, 2.75) is 31.6 Å². The minimum Gasteiger partial charge on any atom is -0.231 e. The van der Waals surface area contributed by atoms with Crippen LogP contribution >= 0.6 is 15.9 Å². The summed E-state index contributed by atoms with van der Waals surface area (Å²) in [6.45, 7) is 0. The summed E-state index contributed by atoms with van der Waals surface area (Å²) < 4.78 is 0.715. The second kappa shape index (κ2) is 3.52. The molecule has 0 unspecified atom stereocenters. The highest BCUT2D eigenvalue weighted by Gasteiger charge is 2.18. The van der Waals surface area contributed by atoms with E-state index in [9.17, 15) is 0 Å². The van der Waals surface area contributed by atoms with E-state index < -0.39 is 0 Å². The van der Waals surface area contributed by atoms with Crippen LogP contribution in [0.15, 0.2) is 17.0 Å². The summed E-state index contributed by atoms with van der Waals surface area (Å²) in [5.74, 6) is 0.685. The zero-order valence-electron chi connectivity index (χ0n) is 6.83. The minimum atomic E-state index is 0.685. The monoisotopic (exact) mass is 226 g/mol. The minimum absolute atomic E-state index is 0.685. The first-order valence-electron chi connectivity index (χ1n) is 4.35. The van der Waals surface area contributed by atoms with E-state index in [-0.39, 0.29) is 0 Å². The molecule has 0 N–H and O–H groups in total. The third kappa shape index (κ3) is 1.66. The van der Waals surface area contributed by atoms with Crippen LogP contribution < -0.4 is 0 Å². The summed E-state index contributed by atoms with van der Waals surface area (Å²) >= 11 is 3.29. The number of halogens is 1. The second-order valence-corrected chi connectivity index (χ2v) is 3.94. The molecule has 0 spiro atoms. The van der Waals surface area contributed by atoms with E-state index in [1.165, 1.54) is 31.4 Å². The Kier molecular flexibility index (Phi) is 2.40. The van der Waals surface area contributed by atoms with E-state index in [1.807, 2.05) is 12.3 Å². The fraction of sp³-hybridized carbons (Fsp3) is 0.556. The normalized spacial score (nSPS) is 18.4. The third-order valence-electron chi connectivity index (χ3n) is 2.42. The fourth-order valence-electron chi connectivity index (χ4n) is 1.80. The van der Waals surface area contributed by atoms with E-state index in [4.69, 9.17) is 0 Å². The Balaban J connectivity index is 2.21. The molecule has 0 aromatic carbocycles. The van der Waals surface area contributed by atoms with Gasteiger partial charge >= 0.3 is 0 Å². The average molecular weight is 227 g/mol. The highest BCUT2D eigenvalue weighted by molar-refractivity contribution is 9.10. The molecule has 1 aliphatic carbocycles. The van der Waals surface area contributed by atoms with Gasteiger partial charge in [-0.15, -0.1) is 0 Å². The van der Waals surface area contributed by atoms with Gasteiger partial charge in [-0.05, 0) is 34.8 Å². The molecule has 0 amide bonds. The third-order valence-corrected chi connectivity index (χ3v) is 2.80. The molecule has 1 aromatic heterocycles. The van der Waals surface area contributed by atoms with Crippen molar-refractivity contribution in [1.29, 1.82) is 0 Å². The number of aromatic nitrogens is 2. The molecule has 1 aliphatic rings. The van der Waals surface area contributed by atoms with Gasteiger partial charge in [0.15, 0.2) is 4.73 Å². The van der Waals surface area contributed by atoms with Gasteiger partial charge in [0.1, 0.15) is 0 Å². The maximum atomic E-state index is 4.36. The van der Waals surface area contributed by atoms with Crippen molar-refractivity contribution in [3.63, 3.8) is 0 Å². The summed E-state index contributed by atoms with van der Waals surface area (Å²) in [5, 5.41) is 0. The predicted octanol–water partition coefficient (Wildman–Crippen LogP) is 2.90. The highest BCUT2D eigenvalue weighted by atomic mass is 79.9. The molecule has 12 heavy (non-hydrogen) atoms. The van der Waals surface area contributed by atoms with Crippen LogP contribution in [0.1, 0.15) is 37.3 Å². The summed E-state index contributed by atoms with van der Waals surface area (Å²) in [4.78, 5) is 8.38. The van der Waals surface area contributed by atoms with Gasteiger partial charge in [-0.2, -0.15) is 0 Å². The zero-order valence-corrected chi connectivity index (χ0v) is 8.42. The topological polar surface area (TPSA) is 25.8 Å². The predicted molar refractivity (Wildman–Crippen MR) is 50.9 cm³/mol. The summed E-state index contributed by atoms with van der Waals surface area (Å²) in [5.41, 5.74) is 1.20. The molecule has 1 heterocycles. The lowest BCUT2D eigenvalue weighted by atomic mass is 10.0. The van der Waals surface area contributed by atoms with E-state index in [0.717, 1.165) is 0 Å². The first-order valence-corrected chi connectivity index (χ1v) is 5.14. The molecule has 0 atom stereocenters. The van der Waals surface area contributed by atoms with Crippen LogP contribution in [0.3, 0.4) is 0 Å². The van der Waals surface area contributed by atoms with E-state index >= 15 is 0 Å². The van der Waals surface area contributed by atoms with E-state index in [1.54, 1.807) is 0 Å². The van der Waals surface area contributed by atoms with Crippen LogP contribution in [0, 0.1) is 0 Å². The summed E-state index contributed by atoms with van der Waals surface area (Å²) in [6, 6.07) is 2.03. The number of rotatable bonds is 1. The Bertz CT molecular complexity index is 269. The second-order valence-electron chi connectivity index (χ2n) is 3.23. The SMILES string of the molecule is Brc1nccc(C2CCCC2)n1. The number of hydrogen-bond donors (Lipinski definition) is 0. The zero-order chi connectivity index (χ0) is 8.39. The van der Waals surface area contributed by atoms with Gasteiger partial charge in [-0.3, -0.25) is 0 Å². The van der Waals surface area contributed by atoms with Crippen LogP contribution in [0.2, 0.25) is 0 Å². The fourth-order valence-corrected chi connectivity index (χ4v) is 2.12. The Morgan fingerprint density at radius 3 is 2.75 bits per heavy atom. The molecule has 0 aliphatic heterocycles. The van der Waals surface area contributed by atoms with Gasteiger partial charge in [-0.1, -0.05) is 12.8 Å². The largest absolute Gasteiger partial charge is 0.231 e. The van der Waals surface area contributed by atoms with Crippen molar-refractivity contribution in [3.8, 4) is 0 Å². The summed E-state index contributed by atoms with van der Waals surface area (Å²) in [6.07, 6.45) is 7.12. The molecule has 2 rings (SSSR count). The van der Waals surface area contributed by atoms with Crippen molar-refractivity contribution >= 4 is 15.9 Å². The van der Waals surface area contributed by atoms with Crippen molar-refractivity contribution < 1.29 is 0 Å². The molecule has 64 valence electrons. The van der Waals surface area contributed by atoms with Gasteiger partial charge in [0.05, 0.1) is 0 Å². The molecule has 2 nitrogen and oxygen atoms in total. The Hall–Kier alpha value is -0.440. The van der Waals surface area contributed by atoms with Crippen LogP contribution in [-0.2, 0) is 0 Å². The molecule has 0 bridgehead atoms. The van der Waals surface area contributed by atoms with Gasteiger partial charge in [0.25, 0.3) is 0 Å². The molecule has 1 aromatic rings. The molecular formula is C9H11BrN2. The van der Waals surface area contributed by atoms with Crippen LogP contribution in [0.5, 0.6) is 0 Å². The Morgan fingerprint density at radius 2 is 2.08 bits per heavy atom. The van der Waals surface area contributed by atoms with Gasteiger partial charge < -0.3 is 0 Å². The standard InChI is InChI=1S/C9H11BrN2/c10-9-11-6-5-8(12-9)7-3-1-2-4-7/h5-7H,1-4H2. The quantitative estimate of drug-likeness (QED) is 0.689. The molecule has 1 fully saturated rings. The Labute approximate surface area is 80.6 Å². The van der Waals surface area contributed by atoms with Crippen molar-refractivity contribution in [2.24, 2.45) is 0 Å². The highest BCUT2D eigenvalue weighted by Crippen LogP contribution is 2.32. The maximum Gasteiger partial charge on any atom is 0.196 e. The lowest BCUT2D eigenvalue weighted by Crippen LogP contribution is -1.97. The van der Waals surface area contributed by atoms with Crippen LogP contribution in [-0.4, -0.2) is 9.97 Å². The lowest BCUT2D eigenvalue weighted by molar-refractivity contribution is 0.690. The summed E-state index contributed by atoms with van der Waals surface area (Å²) in [7, 11) is 0.